The van der Waals surface area contributed by atoms with Crippen LogP contribution < -0.4 is 16.4 Å². The first-order valence-electron chi connectivity index (χ1n) is 8.01. The molecule has 0 saturated carbocycles. The second kappa shape index (κ2) is 6.87. The van der Waals surface area contributed by atoms with Crippen LogP contribution in [0.5, 0.6) is 0 Å². The number of hydrazine groups is 1. The van der Waals surface area contributed by atoms with Crippen LogP contribution in [-0.4, -0.2) is 41.5 Å². The lowest BCUT2D eigenvalue weighted by Gasteiger charge is -2.11. The van der Waals surface area contributed by atoms with Crippen LogP contribution in [-0.2, 0) is 32.9 Å². The van der Waals surface area contributed by atoms with E-state index in [1.54, 1.807) is 24.3 Å². The Labute approximate surface area is 149 Å². The largest absolute Gasteiger partial charge is 0.274 e. The van der Waals surface area contributed by atoms with E-state index >= 15 is 0 Å². The van der Waals surface area contributed by atoms with Crippen molar-refractivity contribution in [2.45, 2.75) is 12.8 Å². The fourth-order valence-corrected chi connectivity index (χ4v) is 4.68. The molecule has 9 nitrogen and oxygen atoms in total. The van der Waals surface area contributed by atoms with Gasteiger partial charge < -0.3 is 0 Å². The summed E-state index contributed by atoms with van der Waals surface area (Å²) in [4.78, 5) is 36.2. The molecule has 1 saturated heterocycles. The van der Waals surface area contributed by atoms with Crippen molar-refractivity contribution in [3.05, 3.63) is 40.3 Å². The molecular weight excluding hydrogens is 360 g/mol. The fraction of sp³-hybridized carbons (Fsp3) is 0.375. The molecule has 138 valence electrons. The van der Waals surface area contributed by atoms with Gasteiger partial charge in [0.15, 0.2) is 9.84 Å². The average Bonchev–Trinajstić information content (AvgIpc) is 2.97. The van der Waals surface area contributed by atoms with Crippen LogP contribution in [0.2, 0.25) is 0 Å². The Morgan fingerprint density at radius 3 is 2.58 bits per heavy atom. The van der Waals surface area contributed by atoms with Crippen molar-refractivity contribution in [2.24, 2.45) is 13.0 Å². The van der Waals surface area contributed by atoms with Crippen LogP contribution in [0.15, 0.2) is 29.1 Å². The van der Waals surface area contributed by atoms with E-state index in [2.05, 4.69) is 16.0 Å². The lowest BCUT2D eigenvalue weighted by molar-refractivity contribution is -0.130. The Morgan fingerprint density at radius 2 is 1.92 bits per heavy atom. The number of aryl methyl sites for hydroxylation is 1. The number of hydrogen-bond donors (Lipinski definition) is 2. The van der Waals surface area contributed by atoms with Crippen molar-refractivity contribution in [3.8, 4) is 0 Å². The molecule has 2 aromatic rings. The summed E-state index contributed by atoms with van der Waals surface area (Å²) in [5, 5.41) is 5.14. The number of carbonyl (C=O) groups is 2. The summed E-state index contributed by atoms with van der Waals surface area (Å²) in [6.07, 6.45) is 0.106. The van der Waals surface area contributed by atoms with Gasteiger partial charge in [-0.3, -0.25) is 25.2 Å². The number of amides is 2. The highest BCUT2D eigenvalue weighted by atomic mass is 32.2. The Hall–Kier alpha value is -2.75. The lowest BCUT2D eigenvalue weighted by atomic mass is 10.1. The number of hydrogen-bond acceptors (Lipinski definition) is 6. The van der Waals surface area contributed by atoms with Gasteiger partial charge in [0.2, 0.25) is 11.8 Å². The number of carbonyl (C=O) groups excluding carboxylic acids is 2. The van der Waals surface area contributed by atoms with E-state index < -0.39 is 27.6 Å². The maximum Gasteiger partial charge on any atom is 0.274 e. The zero-order valence-corrected chi connectivity index (χ0v) is 14.9. The molecule has 2 N–H and O–H groups in total. The first kappa shape index (κ1) is 18.1. The van der Waals surface area contributed by atoms with Gasteiger partial charge in [-0.2, -0.15) is 5.10 Å². The molecular formula is C16H18N4O5S. The van der Waals surface area contributed by atoms with Crippen molar-refractivity contribution >= 4 is 32.4 Å². The molecule has 0 unspecified atom stereocenters. The number of sulfone groups is 1. The van der Waals surface area contributed by atoms with Crippen LogP contribution >= 0.6 is 0 Å². The van der Waals surface area contributed by atoms with Crippen molar-refractivity contribution in [1.29, 1.82) is 0 Å². The van der Waals surface area contributed by atoms with Gasteiger partial charge in [-0.15, -0.1) is 0 Å². The average molecular weight is 378 g/mol. The van der Waals surface area contributed by atoms with Crippen molar-refractivity contribution < 1.29 is 18.0 Å². The van der Waals surface area contributed by atoms with Crippen LogP contribution in [0.4, 0.5) is 0 Å². The normalized spacial score (nSPS) is 18.6. The molecule has 10 heteroatoms. The molecule has 1 aliphatic heterocycles. The minimum atomic E-state index is -3.18. The molecule has 3 rings (SSSR count). The number of benzene rings is 1. The summed E-state index contributed by atoms with van der Waals surface area (Å²) >= 11 is 0. The third kappa shape index (κ3) is 3.74. The molecule has 2 heterocycles. The molecule has 1 atom stereocenters. The molecule has 26 heavy (non-hydrogen) atoms. The second-order valence-corrected chi connectivity index (χ2v) is 8.46. The molecule has 1 aliphatic rings. The van der Waals surface area contributed by atoms with E-state index in [9.17, 15) is 22.8 Å². The Bertz CT molecular complexity index is 1040. The summed E-state index contributed by atoms with van der Waals surface area (Å²) in [6.45, 7) is 0. The standard InChI is InChI=1S/C16H18N4O5S/c1-20-16(23)12-5-3-2-4-11(12)13(19-20)8-14(21)17-18-15(22)10-6-7-26(24,25)9-10/h2-5,10H,6-9H2,1H3,(H,17,21)(H,18,22)/t10-/m0/s1. The molecule has 0 spiro atoms. The van der Waals surface area contributed by atoms with Crippen molar-refractivity contribution in [2.75, 3.05) is 11.5 Å². The number of rotatable bonds is 3. The summed E-state index contributed by atoms with van der Waals surface area (Å²) in [5.74, 6) is -1.93. The Kier molecular flexibility index (Phi) is 4.77. The summed E-state index contributed by atoms with van der Waals surface area (Å²) in [6, 6.07) is 6.83. The van der Waals surface area contributed by atoms with Crippen molar-refractivity contribution in [3.63, 3.8) is 0 Å². The molecule has 2 amide bonds. The number of fused-ring (bicyclic) bond motifs is 1. The molecule has 0 bridgehead atoms. The summed E-state index contributed by atoms with van der Waals surface area (Å²) in [7, 11) is -1.68. The van der Waals surface area contributed by atoms with Gasteiger partial charge in [-0.25, -0.2) is 13.1 Å². The van der Waals surface area contributed by atoms with E-state index in [1.165, 1.54) is 7.05 Å². The summed E-state index contributed by atoms with van der Waals surface area (Å²) < 4.78 is 24.0. The smallest absolute Gasteiger partial charge is 0.273 e. The summed E-state index contributed by atoms with van der Waals surface area (Å²) in [5.41, 5.74) is 4.67. The zero-order valence-electron chi connectivity index (χ0n) is 14.1. The van der Waals surface area contributed by atoms with E-state index in [-0.39, 0.29) is 29.9 Å². The van der Waals surface area contributed by atoms with Gasteiger partial charge in [-0.05, 0) is 12.5 Å². The third-order valence-corrected chi connectivity index (χ3v) is 6.06. The quantitative estimate of drug-likeness (QED) is 0.664. The predicted molar refractivity (Wildman–Crippen MR) is 93.7 cm³/mol. The van der Waals surface area contributed by atoms with Crippen molar-refractivity contribution in [1.82, 2.24) is 20.6 Å². The van der Waals surface area contributed by atoms with Gasteiger partial charge in [0, 0.05) is 12.4 Å². The minimum Gasteiger partial charge on any atom is -0.273 e. The van der Waals surface area contributed by atoms with Crippen LogP contribution in [0.25, 0.3) is 10.8 Å². The lowest BCUT2D eigenvalue weighted by Crippen LogP contribution is -2.45. The number of nitrogens with zero attached hydrogens (tertiary/aromatic N) is 2. The Morgan fingerprint density at radius 1 is 1.23 bits per heavy atom. The second-order valence-electron chi connectivity index (χ2n) is 6.24. The van der Waals surface area contributed by atoms with E-state index in [4.69, 9.17) is 0 Å². The maximum atomic E-state index is 12.1. The molecule has 1 aromatic carbocycles. The molecule has 1 aromatic heterocycles. The predicted octanol–water partition coefficient (Wildman–Crippen LogP) is -0.942. The van der Waals surface area contributed by atoms with Gasteiger partial charge in [0.1, 0.15) is 0 Å². The molecule has 1 fully saturated rings. The monoisotopic (exact) mass is 378 g/mol. The first-order chi connectivity index (χ1) is 12.3. The van der Waals surface area contributed by atoms with E-state index in [0.717, 1.165) is 4.68 Å². The van der Waals surface area contributed by atoms with Gasteiger partial charge in [-0.1, -0.05) is 18.2 Å². The fourth-order valence-electron chi connectivity index (χ4n) is 2.94. The Balaban J connectivity index is 1.68. The highest BCUT2D eigenvalue weighted by Crippen LogP contribution is 2.18. The zero-order chi connectivity index (χ0) is 18.9. The SMILES string of the molecule is Cn1nc(CC(=O)NNC(=O)[C@H]2CCS(=O)(=O)C2)c2ccccc2c1=O. The topological polar surface area (TPSA) is 127 Å². The van der Waals surface area contributed by atoms with Crippen LogP contribution in [0.3, 0.4) is 0 Å². The van der Waals surface area contributed by atoms with E-state index in [0.29, 0.717) is 16.5 Å². The van der Waals surface area contributed by atoms with Gasteiger partial charge in [0.25, 0.3) is 5.56 Å². The van der Waals surface area contributed by atoms with Gasteiger partial charge in [0.05, 0.1) is 34.9 Å². The maximum absolute atomic E-state index is 12.1. The highest BCUT2D eigenvalue weighted by molar-refractivity contribution is 7.91. The first-order valence-corrected chi connectivity index (χ1v) is 9.83. The third-order valence-electron chi connectivity index (χ3n) is 4.29. The highest BCUT2D eigenvalue weighted by Gasteiger charge is 2.33. The molecule has 0 aliphatic carbocycles. The van der Waals surface area contributed by atoms with Crippen LogP contribution in [0.1, 0.15) is 12.1 Å². The van der Waals surface area contributed by atoms with E-state index in [1.807, 2.05) is 0 Å². The molecule has 0 radical (unpaired) electrons. The van der Waals surface area contributed by atoms with Gasteiger partial charge >= 0.3 is 0 Å². The number of aromatic nitrogens is 2. The number of nitrogens with one attached hydrogen (secondary N) is 2. The van der Waals surface area contributed by atoms with Crippen LogP contribution in [0, 0.1) is 5.92 Å². The minimum absolute atomic E-state index is 0.0208.